The van der Waals surface area contributed by atoms with Crippen LogP contribution < -0.4 is 0 Å². The van der Waals surface area contributed by atoms with Crippen molar-refractivity contribution >= 4 is 29.3 Å². The zero-order valence-corrected chi connectivity index (χ0v) is 10.8. The summed E-state index contributed by atoms with van der Waals surface area (Å²) in [4.78, 5) is 17.0. The third kappa shape index (κ3) is 3.34. The maximum absolute atomic E-state index is 11.8. The van der Waals surface area contributed by atoms with Crippen molar-refractivity contribution in [2.24, 2.45) is 0 Å². The minimum absolute atomic E-state index is 0.0963. The molecule has 1 heterocycles. The fourth-order valence-corrected chi connectivity index (χ4v) is 2.34. The molecule has 17 heavy (non-hydrogen) atoms. The van der Waals surface area contributed by atoms with Crippen molar-refractivity contribution in [3.63, 3.8) is 0 Å². The SMILES string of the molecule is CSc1ccc(C(=O)CSc2ncn[nH]2)cc1. The molecule has 0 bridgehead atoms. The second-order valence-electron chi connectivity index (χ2n) is 3.23. The molecule has 0 amide bonds. The van der Waals surface area contributed by atoms with Crippen molar-refractivity contribution < 1.29 is 4.79 Å². The number of carbonyl (C=O) groups is 1. The Labute approximate surface area is 108 Å². The average molecular weight is 265 g/mol. The van der Waals surface area contributed by atoms with E-state index in [1.54, 1.807) is 11.8 Å². The van der Waals surface area contributed by atoms with Crippen molar-refractivity contribution in [1.29, 1.82) is 0 Å². The topological polar surface area (TPSA) is 58.6 Å². The van der Waals surface area contributed by atoms with Gasteiger partial charge in [-0.15, -0.1) is 11.8 Å². The third-order valence-corrected chi connectivity index (χ3v) is 3.77. The van der Waals surface area contributed by atoms with Crippen LogP contribution in [-0.4, -0.2) is 33.0 Å². The quantitative estimate of drug-likeness (QED) is 0.665. The van der Waals surface area contributed by atoms with Crippen molar-refractivity contribution in [1.82, 2.24) is 15.2 Å². The minimum Gasteiger partial charge on any atom is -0.293 e. The van der Waals surface area contributed by atoms with E-state index in [4.69, 9.17) is 0 Å². The Kier molecular flexibility index (Phi) is 4.22. The molecule has 88 valence electrons. The van der Waals surface area contributed by atoms with E-state index in [2.05, 4.69) is 15.2 Å². The standard InChI is InChI=1S/C11H11N3OS2/c1-16-9-4-2-8(3-5-9)10(15)6-17-11-12-7-13-14-11/h2-5,7H,6H2,1H3,(H,12,13,14). The molecule has 1 aromatic carbocycles. The van der Waals surface area contributed by atoms with Gasteiger partial charge < -0.3 is 0 Å². The molecule has 2 aromatic rings. The second-order valence-corrected chi connectivity index (χ2v) is 5.07. The van der Waals surface area contributed by atoms with Crippen LogP contribution in [-0.2, 0) is 0 Å². The van der Waals surface area contributed by atoms with Crippen LogP contribution in [0.5, 0.6) is 0 Å². The summed E-state index contributed by atoms with van der Waals surface area (Å²) in [6.07, 6.45) is 3.44. The fraction of sp³-hybridized carbons (Fsp3) is 0.182. The summed E-state index contributed by atoms with van der Waals surface area (Å²) in [6, 6.07) is 7.62. The van der Waals surface area contributed by atoms with Gasteiger partial charge in [0.15, 0.2) is 10.9 Å². The molecule has 6 heteroatoms. The zero-order valence-electron chi connectivity index (χ0n) is 9.21. The number of nitrogens with one attached hydrogen (secondary N) is 1. The van der Waals surface area contributed by atoms with Gasteiger partial charge in [0.05, 0.1) is 5.75 Å². The van der Waals surface area contributed by atoms with E-state index >= 15 is 0 Å². The summed E-state index contributed by atoms with van der Waals surface area (Å²) < 4.78 is 0. The van der Waals surface area contributed by atoms with Gasteiger partial charge in [0.2, 0.25) is 0 Å². The van der Waals surface area contributed by atoms with Gasteiger partial charge in [0.25, 0.3) is 0 Å². The molecule has 4 nitrogen and oxygen atoms in total. The maximum Gasteiger partial charge on any atom is 0.183 e. The monoisotopic (exact) mass is 265 g/mol. The normalized spacial score (nSPS) is 10.4. The van der Waals surface area contributed by atoms with E-state index in [1.165, 1.54) is 18.1 Å². The molecule has 0 saturated heterocycles. The predicted octanol–water partition coefficient (Wildman–Crippen LogP) is 2.50. The molecule has 0 radical (unpaired) electrons. The smallest absolute Gasteiger partial charge is 0.183 e. The van der Waals surface area contributed by atoms with Crippen LogP contribution in [0, 0.1) is 0 Å². The number of thioether (sulfide) groups is 2. The van der Waals surface area contributed by atoms with Crippen LogP contribution in [0.25, 0.3) is 0 Å². The first-order valence-electron chi connectivity index (χ1n) is 4.95. The van der Waals surface area contributed by atoms with Gasteiger partial charge in [-0.2, -0.15) is 5.10 Å². The van der Waals surface area contributed by atoms with Crippen molar-refractivity contribution in [3.8, 4) is 0 Å². The summed E-state index contributed by atoms with van der Waals surface area (Å²) in [7, 11) is 0. The molecule has 0 unspecified atom stereocenters. The number of H-pyrrole nitrogens is 1. The highest BCUT2D eigenvalue weighted by atomic mass is 32.2. The van der Waals surface area contributed by atoms with E-state index in [0.717, 1.165) is 10.5 Å². The number of hydrogen-bond donors (Lipinski definition) is 1. The number of aromatic nitrogens is 3. The average Bonchev–Trinajstić information content (AvgIpc) is 2.89. The minimum atomic E-state index is 0.0963. The first-order chi connectivity index (χ1) is 8.29. The molecule has 0 aliphatic rings. The summed E-state index contributed by atoms with van der Waals surface area (Å²) in [5.41, 5.74) is 0.731. The molecular weight excluding hydrogens is 254 g/mol. The lowest BCUT2D eigenvalue weighted by Crippen LogP contribution is -2.02. The van der Waals surface area contributed by atoms with Gasteiger partial charge in [-0.1, -0.05) is 23.9 Å². The largest absolute Gasteiger partial charge is 0.293 e. The number of rotatable bonds is 5. The van der Waals surface area contributed by atoms with Crippen LogP contribution in [0.1, 0.15) is 10.4 Å². The molecule has 2 rings (SSSR count). The Morgan fingerprint density at radius 3 is 2.71 bits per heavy atom. The first kappa shape index (κ1) is 12.2. The van der Waals surface area contributed by atoms with Gasteiger partial charge in [-0.3, -0.25) is 9.89 Å². The van der Waals surface area contributed by atoms with E-state index in [-0.39, 0.29) is 5.78 Å². The Bertz CT molecular complexity index is 482. The summed E-state index contributed by atoms with van der Waals surface area (Å²) in [6.45, 7) is 0. The number of ketones is 1. The van der Waals surface area contributed by atoms with Gasteiger partial charge >= 0.3 is 0 Å². The maximum atomic E-state index is 11.8. The van der Waals surface area contributed by atoms with Crippen LogP contribution in [0.3, 0.4) is 0 Å². The Hall–Kier alpha value is -1.27. The number of carbonyl (C=O) groups excluding carboxylic acids is 1. The molecule has 0 saturated carbocycles. The number of Topliss-reactive ketones (excluding diaryl/α,β-unsaturated/α-hetero) is 1. The molecule has 0 atom stereocenters. The van der Waals surface area contributed by atoms with Gasteiger partial charge in [-0.25, -0.2) is 4.98 Å². The van der Waals surface area contributed by atoms with Gasteiger partial charge in [-0.05, 0) is 18.4 Å². The van der Waals surface area contributed by atoms with Crippen molar-refractivity contribution in [2.75, 3.05) is 12.0 Å². The molecule has 0 aliphatic heterocycles. The Morgan fingerprint density at radius 2 is 2.12 bits per heavy atom. The highest BCUT2D eigenvalue weighted by molar-refractivity contribution is 7.99. The lowest BCUT2D eigenvalue weighted by molar-refractivity contribution is 0.102. The lowest BCUT2D eigenvalue weighted by atomic mass is 10.1. The highest BCUT2D eigenvalue weighted by Gasteiger charge is 2.07. The first-order valence-corrected chi connectivity index (χ1v) is 7.16. The number of aromatic amines is 1. The number of benzene rings is 1. The molecule has 0 spiro atoms. The van der Waals surface area contributed by atoms with E-state index in [1.807, 2.05) is 30.5 Å². The molecule has 1 aromatic heterocycles. The molecule has 0 aliphatic carbocycles. The fourth-order valence-electron chi connectivity index (χ4n) is 1.26. The third-order valence-electron chi connectivity index (χ3n) is 2.14. The van der Waals surface area contributed by atoms with E-state index in [0.29, 0.717) is 10.9 Å². The van der Waals surface area contributed by atoms with Crippen LogP contribution in [0.4, 0.5) is 0 Å². The van der Waals surface area contributed by atoms with E-state index in [9.17, 15) is 4.79 Å². The van der Waals surface area contributed by atoms with Crippen molar-refractivity contribution in [2.45, 2.75) is 10.1 Å². The van der Waals surface area contributed by atoms with Gasteiger partial charge in [0, 0.05) is 10.5 Å². The number of hydrogen-bond acceptors (Lipinski definition) is 5. The summed E-state index contributed by atoms with van der Waals surface area (Å²) >= 11 is 3.02. The Balaban J connectivity index is 1.95. The molecule has 1 N–H and O–H groups in total. The number of nitrogens with zero attached hydrogens (tertiary/aromatic N) is 2. The zero-order chi connectivity index (χ0) is 12.1. The van der Waals surface area contributed by atoms with Crippen LogP contribution in [0.15, 0.2) is 40.6 Å². The van der Waals surface area contributed by atoms with Crippen molar-refractivity contribution in [3.05, 3.63) is 36.2 Å². The molecular formula is C11H11N3OS2. The van der Waals surface area contributed by atoms with Crippen LogP contribution >= 0.6 is 23.5 Å². The van der Waals surface area contributed by atoms with Crippen LogP contribution in [0.2, 0.25) is 0 Å². The second kappa shape index (κ2) is 5.88. The molecule has 0 fully saturated rings. The summed E-state index contributed by atoms with van der Waals surface area (Å²) in [5, 5.41) is 7.10. The Morgan fingerprint density at radius 1 is 1.35 bits per heavy atom. The highest BCUT2D eigenvalue weighted by Crippen LogP contribution is 2.17. The van der Waals surface area contributed by atoms with Gasteiger partial charge in [0.1, 0.15) is 6.33 Å². The predicted molar refractivity (Wildman–Crippen MR) is 69.7 cm³/mol. The lowest BCUT2D eigenvalue weighted by Gasteiger charge is -2.00. The van der Waals surface area contributed by atoms with E-state index < -0.39 is 0 Å². The summed E-state index contributed by atoms with van der Waals surface area (Å²) in [5.74, 6) is 0.465.